The summed E-state index contributed by atoms with van der Waals surface area (Å²) in [6, 6.07) is 11.0. The van der Waals surface area contributed by atoms with Gasteiger partial charge in [-0.2, -0.15) is 5.10 Å². The molecule has 2 aromatic heterocycles. The highest BCUT2D eigenvalue weighted by molar-refractivity contribution is 5.87. The highest BCUT2D eigenvalue weighted by atomic mass is 15.1. The van der Waals surface area contributed by atoms with Crippen LogP contribution in [0.1, 0.15) is 55.0 Å². The van der Waals surface area contributed by atoms with Crippen LogP contribution in [0, 0.1) is 0 Å². The molecule has 32 heavy (non-hydrogen) atoms. The van der Waals surface area contributed by atoms with Crippen LogP contribution in [-0.4, -0.2) is 15.2 Å². The summed E-state index contributed by atoms with van der Waals surface area (Å²) in [5.41, 5.74) is 16.7. The summed E-state index contributed by atoms with van der Waals surface area (Å²) in [6.07, 6.45) is 16.4. The van der Waals surface area contributed by atoms with E-state index < -0.39 is 0 Å². The summed E-state index contributed by atoms with van der Waals surface area (Å²) in [7, 11) is 0. The largest absolute Gasteiger partial charge is 0.321 e. The first-order valence-electron chi connectivity index (χ1n) is 11.5. The van der Waals surface area contributed by atoms with Crippen LogP contribution >= 0.6 is 0 Å². The van der Waals surface area contributed by atoms with E-state index >= 15 is 0 Å². The van der Waals surface area contributed by atoms with Crippen molar-refractivity contribution in [2.24, 2.45) is 5.73 Å². The Labute approximate surface area is 190 Å². The standard InChI is InChI=1S/C28H30N4/c1-3-5-8-19(4-2)23-17-24-25(10-6-9-21-18-30-32-27(21)24)31-26(23)20-11-13-22(14-12-20)28(29)15-7-16-28/h3-5,8,11-14,17-18H,1,6-7,9-10,15-16,29H2,2H3,(H,30,32). The molecule has 0 radical (unpaired) electrons. The van der Waals surface area contributed by atoms with Gasteiger partial charge in [0.15, 0.2) is 0 Å². The number of fused-ring (bicyclic) bond motifs is 3. The molecule has 2 aliphatic carbocycles. The van der Waals surface area contributed by atoms with E-state index in [0.717, 1.165) is 71.4 Å². The first kappa shape index (κ1) is 20.7. The van der Waals surface area contributed by atoms with Gasteiger partial charge in [-0.25, -0.2) is 0 Å². The van der Waals surface area contributed by atoms with Crippen LogP contribution in [0.4, 0.5) is 0 Å². The molecule has 3 N–H and O–H groups in total. The average Bonchev–Trinajstić information content (AvgIpc) is 3.20. The van der Waals surface area contributed by atoms with Gasteiger partial charge in [0.2, 0.25) is 0 Å². The number of rotatable bonds is 5. The molecule has 0 amide bonds. The molecule has 2 aliphatic rings. The Bertz CT molecular complexity index is 1210. The third-order valence-electron chi connectivity index (χ3n) is 6.96. The molecule has 0 spiro atoms. The van der Waals surface area contributed by atoms with Crippen LogP contribution in [0.5, 0.6) is 0 Å². The van der Waals surface area contributed by atoms with E-state index in [1.807, 2.05) is 12.3 Å². The number of nitrogens with zero attached hydrogens (tertiary/aromatic N) is 2. The average molecular weight is 423 g/mol. The zero-order valence-corrected chi connectivity index (χ0v) is 18.7. The lowest BCUT2D eigenvalue weighted by Crippen LogP contribution is -2.43. The highest BCUT2D eigenvalue weighted by Crippen LogP contribution is 2.40. The maximum atomic E-state index is 6.56. The summed E-state index contributed by atoms with van der Waals surface area (Å²) in [5.74, 6) is 0. The number of hydrogen-bond acceptors (Lipinski definition) is 3. The number of allylic oxidation sites excluding steroid dienone is 5. The van der Waals surface area contributed by atoms with E-state index in [2.05, 4.69) is 66.2 Å². The summed E-state index contributed by atoms with van der Waals surface area (Å²) < 4.78 is 0. The van der Waals surface area contributed by atoms with Crippen LogP contribution in [-0.2, 0) is 18.4 Å². The molecule has 0 unspecified atom stereocenters. The maximum absolute atomic E-state index is 6.56. The number of nitrogens with one attached hydrogen (secondary N) is 1. The van der Waals surface area contributed by atoms with Gasteiger partial charge in [-0.3, -0.25) is 10.1 Å². The topological polar surface area (TPSA) is 67.6 Å². The Kier molecular flexibility index (Phi) is 5.40. The van der Waals surface area contributed by atoms with Crippen molar-refractivity contribution in [1.29, 1.82) is 0 Å². The minimum atomic E-state index is -0.152. The highest BCUT2D eigenvalue weighted by Gasteiger charge is 2.34. The molecule has 1 aromatic carbocycles. The zero-order valence-electron chi connectivity index (χ0n) is 18.7. The number of pyridine rings is 1. The van der Waals surface area contributed by atoms with Crippen molar-refractivity contribution in [2.75, 3.05) is 0 Å². The zero-order chi connectivity index (χ0) is 22.1. The molecule has 1 fully saturated rings. The number of aryl methyl sites for hydroxylation is 2. The van der Waals surface area contributed by atoms with Crippen molar-refractivity contribution in [3.63, 3.8) is 0 Å². The lowest BCUT2D eigenvalue weighted by atomic mass is 9.72. The second-order valence-electron chi connectivity index (χ2n) is 8.93. The quantitative estimate of drug-likeness (QED) is 0.487. The lowest BCUT2D eigenvalue weighted by molar-refractivity contribution is 0.253. The summed E-state index contributed by atoms with van der Waals surface area (Å²) in [5, 5.41) is 7.53. The van der Waals surface area contributed by atoms with Gasteiger partial charge in [-0.1, -0.05) is 55.1 Å². The first-order valence-corrected chi connectivity index (χ1v) is 11.5. The van der Waals surface area contributed by atoms with Crippen molar-refractivity contribution in [3.8, 4) is 22.5 Å². The van der Waals surface area contributed by atoms with Gasteiger partial charge in [0, 0.05) is 22.2 Å². The Morgan fingerprint density at radius 2 is 1.97 bits per heavy atom. The normalized spacial score (nSPS) is 17.4. The molecular formula is C28H30N4. The second kappa shape index (κ2) is 8.36. The molecule has 0 bridgehead atoms. The number of aromatic nitrogens is 3. The van der Waals surface area contributed by atoms with Gasteiger partial charge in [0.05, 0.1) is 23.3 Å². The maximum Gasteiger partial charge on any atom is 0.0783 e. The fourth-order valence-corrected chi connectivity index (χ4v) is 4.90. The van der Waals surface area contributed by atoms with E-state index in [9.17, 15) is 0 Å². The Balaban J connectivity index is 1.67. The van der Waals surface area contributed by atoms with Crippen LogP contribution in [0.25, 0.3) is 28.1 Å². The van der Waals surface area contributed by atoms with Crippen molar-refractivity contribution >= 4 is 5.57 Å². The van der Waals surface area contributed by atoms with Gasteiger partial charge in [0.25, 0.3) is 0 Å². The second-order valence-corrected chi connectivity index (χ2v) is 8.93. The predicted octanol–water partition coefficient (Wildman–Crippen LogP) is 6.11. The van der Waals surface area contributed by atoms with Crippen molar-refractivity contribution < 1.29 is 0 Å². The van der Waals surface area contributed by atoms with Crippen molar-refractivity contribution in [2.45, 2.75) is 51.0 Å². The molecule has 5 rings (SSSR count). The monoisotopic (exact) mass is 422 g/mol. The molecule has 162 valence electrons. The fourth-order valence-electron chi connectivity index (χ4n) is 4.90. The molecule has 4 nitrogen and oxygen atoms in total. The lowest BCUT2D eigenvalue weighted by Gasteiger charge is -2.38. The van der Waals surface area contributed by atoms with E-state index in [1.165, 1.54) is 17.5 Å². The molecule has 2 heterocycles. The minimum Gasteiger partial charge on any atom is -0.321 e. The van der Waals surface area contributed by atoms with Crippen LogP contribution in [0.3, 0.4) is 0 Å². The fraction of sp³-hybridized carbons (Fsp3) is 0.286. The van der Waals surface area contributed by atoms with Gasteiger partial charge >= 0.3 is 0 Å². The Morgan fingerprint density at radius 3 is 2.66 bits per heavy atom. The van der Waals surface area contributed by atoms with E-state index in [0.29, 0.717) is 0 Å². The minimum absolute atomic E-state index is 0.152. The van der Waals surface area contributed by atoms with E-state index in [4.69, 9.17) is 10.7 Å². The number of aromatic amines is 1. The SMILES string of the molecule is C=CC=CC(=CC)c1cc2c(nc1-c1ccc(C3(N)CCC3)cc1)CCCc1cn[nH]c1-2. The molecule has 4 heteroatoms. The van der Waals surface area contributed by atoms with Crippen LogP contribution < -0.4 is 5.73 Å². The van der Waals surface area contributed by atoms with Gasteiger partial charge in [-0.05, 0) is 68.2 Å². The first-order chi connectivity index (χ1) is 15.6. The summed E-state index contributed by atoms with van der Waals surface area (Å²) >= 11 is 0. The third-order valence-corrected chi connectivity index (χ3v) is 6.96. The van der Waals surface area contributed by atoms with Crippen LogP contribution in [0.15, 0.2) is 67.4 Å². The molecule has 3 aromatic rings. The van der Waals surface area contributed by atoms with Gasteiger partial charge < -0.3 is 5.73 Å². The smallest absolute Gasteiger partial charge is 0.0783 e. The summed E-state index contributed by atoms with van der Waals surface area (Å²) in [6.45, 7) is 5.91. The molecule has 0 saturated heterocycles. The van der Waals surface area contributed by atoms with Crippen molar-refractivity contribution in [3.05, 3.63) is 89.8 Å². The predicted molar refractivity (Wildman–Crippen MR) is 132 cm³/mol. The Morgan fingerprint density at radius 1 is 1.16 bits per heavy atom. The molecule has 0 atom stereocenters. The number of nitrogens with two attached hydrogens (primary N) is 1. The van der Waals surface area contributed by atoms with E-state index in [-0.39, 0.29) is 5.54 Å². The van der Waals surface area contributed by atoms with Crippen LogP contribution in [0.2, 0.25) is 0 Å². The summed E-state index contributed by atoms with van der Waals surface area (Å²) in [4.78, 5) is 5.25. The van der Waals surface area contributed by atoms with Gasteiger partial charge in [-0.15, -0.1) is 0 Å². The van der Waals surface area contributed by atoms with Crippen molar-refractivity contribution in [1.82, 2.24) is 15.2 Å². The Hall–Kier alpha value is -3.24. The van der Waals surface area contributed by atoms with Gasteiger partial charge in [0.1, 0.15) is 0 Å². The number of H-pyrrole nitrogens is 1. The number of benzene rings is 1. The molecular weight excluding hydrogens is 392 g/mol. The molecule has 1 saturated carbocycles. The third kappa shape index (κ3) is 3.55. The molecule has 0 aliphatic heterocycles. The number of hydrogen-bond donors (Lipinski definition) is 2. The van der Waals surface area contributed by atoms with E-state index in [1.54, 1.807) is 6.08 Å².